The van der Waals surface area contributed by atoms with Crippen LogP contribution in [0.5, 0.6) is 0 Å². The fourth-order valence-electron chi connectivity index (χ4n) is 2.37. The molecule has 0 atom stereocenters. The standard InChI is InChI=1S/C13H15N3/c1-4-14-5-2-10(1)12-7-11-3-6-15-9-13(11)16-8-12/h3,6-10,14H,1-2,4-5H2. The SMILES string of the molecule is c1cc2cc(C3CCNCC3)cnc2cn1. The average molecular weight is 213 g/mol. The second-order valence-electron chi connectivity index (χ2n) is 4.36. The van der Waals surface area contributed by atoms with E-state index in [-0.39, 0.29) is 0 Å². The first-order chi connectivity index (χ1) is 7.93. The number of piperidine rings is 1. The van der Waals surface area contributed by atoms with Crippen molar-refractivity contribution in [3.05, 3.63) is 36.3 Å². The van der Waals surface area contributed by atoms with Gasteiger partial charge in [0.05, 0.1) is 11.7 Å². The first-order valence-corrected chi connectivity index (χ1v) is 5.84. The third-order valence-corrected chi connectivity index (χ3v) is 3.32. The van der Waals surface area contributed by atoms with E-state index in [0.717, 1.165) is 18.6 Å². The lowest BCUT2D eigenvalue weighted by atomic mass is 9.91. The topological polar surface area (TPSA) is 37.8 Å². The summed E-state index contributed by atoms with van der Waals surface area (Å²) in [5, 5.41) is 4.59. The van der Waals surface area contributed by atoms with E-state index in [1.54, 1.807) is 0 Å². The molecule has 1 saturated heterocycles. The predicted octanol–water partition coefficient (Wildman–Crippen LogP) is 2.10. The number of nitrogens with zero attached hydrogens (tertiary/aromatic N) is 2. The van der Waals surface area contributed by atoms with Crippen LogP contribution in [0.25, 0.3) is 10.9 Å². The first-order valence-electron chi connectivity index (χ1n) is 5.84. The molecular weight excluding hydrogens is 198 g/mol. The highest BCUT2D eigenvalue weighted by Crippen LogP contribution is 2.26. The summed E-state index contributed by atoms with van der Waals surface area (Å²) in [5.41, 5.74) is 2.36. The van der Waals surface area contributed by atoms with Gasteiger partial charge in [-0.2, -0.15) is 0 Å². The highest BCUT2D eigenvalue weighted by Gasteiger charge is 2.15. The maximum Gasteiger partial charge on any atom is 0.0885 e. The number of fused-ring (bicyclic) bond motifs is 1. The summed E-state index contributed by atoms with van der Waals surface area (Å²) in [6, 6.07) is 4.30. The smallest absolute Gasteiger partial charge is 0.0885 e. The summed E-state index contributed by atoms with van der Waals surface area (Å²) < 4.78 is 0. The molecule has 0 spiro atoms. The van der Waals surface area contributed by atoms with Crippen LogP contribution in [0.3, 0.4) is 0 Å². The van der Waals surface area contributed by atoms with Crippen molar-refractivity contribution in [2.24, 2.45) is 0 Å². The summed E-state index contributed by atoms with van der Waals surface area (Å²) in [4.78, 5) is 8.56. The van der Waals surface area contributed by atoms with Gasteiger partial charge in [-0.3, -0.25) is 9.97 Å². The van der Waals surface area contributed by atoms with Crippen molar-refractivity contribution >= 4 is 10.9 Å². The number of hydrogen-bond donors (Lipinski definition) is 1. The van der Waals surface area contributed by atoms with Crippen LogP contribution in [0.4, 0.5) is 0 Å². The molecule has 3 heterocycles. The molecule has 16 heavy (non-hydrogen) atoms. The number of pyridine rings is 2. The Balaban J connectivity index is 1.97. The molecule has 0 saturated carbocycles. The van der Waals surface area contributed by atoms with Gasteiger partial charge < -0.3 is 5.32 Å². The van der Waals surface area contributed by atoms with Crippen LogP contribution in [-0.4, -0.2) is 23.1 Å². The van der Waals surface area contributed by atoms with E-state index in [0.29, 0.717) is 5.92 Å². The van der Waals surface area contributed by atoms with Crippen LogP contribution in [0.15, 0.2) is 30.7 Å². The lowest BCUT2D eigenvalue weighted by molar-refractivity contribution is 0.460. The fourth-order valence-corrected chi connectivity index (χ4v) is 2.37. The van der Waals surface area contributed by atoms with Gasteiger partial charge in [-0.25, -0.2) is 0 Å². The van der Waals surface area contributed by atoms with Crippen molar-refractivity contribution in [2.75, 3.05) is 13.1 Å². The summed E-state index contributed by atoms with van der Waals surface area (Å²) in [6.07, 6.45) is 8.11. The monoisotopic (exact) mass is 213 g/mol. The first kappa shape index (κ1) is 9.73. The van der Waals surface area contributed by atoms with E-state index in [4.69, 9.17) is 0 Å². The van der Waals surface area contributed by atoms with Crippen LogP contribution in [0, 0.1) is 0 Å². The minimum absolute atomic E-state index is 0.673. The van der Waals surface area contributed by atoms with E-state index in [1.165, 1.54) is 23.8 Å². The molecule has 1 fully saturated rings. The van der Waals surface area contributed by atoms with Crippen molar-refractivity contribution in [3.8, 4) is 0 Å². The third-order valence-electron chi connectivity index (χ3n) is 3.32. The molecule has 0 amide bonds. The molecule has 0 bridgehead atoms. The largest absolute Gasteiger partial charge is 0.317 e. The minimum Gasteiger partial charge on any atom is -0.317 e. The van der Waals surface area contributed by atoms with Crippen LogP contribution >= 0.6 is 0 Å². The molecule has 0 unspecified atom stereocenters. The lowest BCUT2D eigenvalue weighted by Crippen LogP contribution is -2.26. The molecule has 3 nitrogen and oxygen atoms in total. The van der Waals surface area contributed by atoms with Crippen molar-refractivity contribution in [3.63, 3.8) is 0 Å². The number of hydrogen-bond acceptors (Lipinski definition) is 3. The zero-order chi connectivity index (χ0) is 10.8. The summed E-state index contributed by atoms with van der Waals surface area (Å²) in [6.45, 7) is 2.25. The van der Waals surface area contributed by atoms with Gasteiger partial charge in [0.2, 0.25) is 0 Å². The van der Waals surface area contributed by atoms with Gasteiger partial charge in [0.15, 0.2) is 0 Å². The van der Waals surface area contributed by atoms with Crippen molar-refractivity contribution in [1.82, 2.24) is 15.3 Å². The Morgan fingerprint density at radius 1 is 1.19 bits per heavy atom. The van der Waals surface area contributed by atoms with Crippen LogP contribution < -0.4 is 5.32 Å². The second-order valence-corrected chi connectivity index (χ2v) is 4.36. The van der Waals surface area contributed by atoms with Gasteiger partial charge in [0.1, 0.15) is 0 Å². The molecule has 0 aliphatic carbocycles. The van der Waals surface area contributed by atoms with E-state index in [1.807, 2.05) is 24.7 Å². The highest BCUT2D eigenvalue weighted by atomic mass is 14.9. The molecule has 1 aliphatic heterocycles. The zero-order valence-electron chi connectivity index (χ0n) is 9.19. The van der Waals surface area contributed by atoms with Gasteiger partial charge >= 0.3 is 0 Å². The third kappa shape index (κ3) is 1.78. The van der Waals surface area contributed by atoms with Crippen molar-refractivity contribution in [2.45, 2.75) is 18.8 Å². The average Bonchev–Trinajstić information content (AvgIpc) is 2.39. The second kappa shape index (κ2) is 4.18. The molecule has 0 aromatic carbocycles. The Labute approximate surface area is 94.9 Å². The summed E-state index contributed by atoms with van der Waals surface area (Å²) in [5.74, 6) is 0.673. The predicted molar refractivity (Wildman–Crippen MR) is 64.4 cm³/mol. The molecule has 2 aromatic heterocycles. The molecule has 0 radical (unpaired) electrons. The van der Waals surface area contributed by atoms with E-state index < -0.39 is 0 Å². The van der Waals surface area contributed by atoms with Crippen molar-refractivity contribution in [1.29, 1.82) is 0 Å². The van der Waals surface area contributed by atoms with Crippen molar-refractivity contribution < 1.29 is 0 Å². The molecule has 82 valence electrons. The fraction of sp³-hybridized carbons (Fsp3) is 0.385. The highest BCUT2D eigenvalue weighted by molar-refractivity contribution is 5.77. The number of nitrogens with one attached hydrogen (secondary N) is 1. The molecule has 1 aliphatic rings. The van der Waals surface area contributed by atoms with E-state index >= 15 is 0 Å². The molecule has 3 rings (SSSR count). The van der Waals surface area contributed by atoms with Crippen LogP contribution in [0.2, 0.25) is 0 Å². The summed E-state index contributed by atoms with van der Waals surface area (Å²) in [7, 11) is 0. The quantitative estimate of drug-likeness (QED) is 0.788. The Kier molecular flexibility index (Phi) is 2.54. The van der Waals surface area contributed by atoms with Gasteiger partial charge in [0.25, 0.3) is 0 Å². The zero-order valence-corrected chi connectivity index (χ0v) is 9.19. The Hall–Kier alpha value is -1.48. The molecule has 1 N–H and O–H groups in total. The number of rotatable bonds is 1. The maximum atomic E-state index is 4.47. The Morgan fingerprint density at radius 2 is 2.06 bits per heavy atom. The van der Waals surface area contributed by atoms with Gasteiger partial charge in [-0.15, -0.1) is 0 Å². The normalized spacial score (nSPS) is 17.8. The van der Waals surface area contributed by atoms with Gasteiger partial charge in [0, 0.05) is 17.8 Å². The Bertz CT molecular complexity index is 489. The minimum atomic E-state index is 0.673. The maximum absolute atomic E-state index is 4.47. The van der Waals surface area contributed by atoms with Crippen LogP contribution in [0.1, 0.15) is 24.3 Å². The molecule has 3 heteroatoms. The summed E-state index contributed by atoms with van der Waals surface area (Å²) >= 11 is 0. The molecule has 2 aromatic rings. The Morgan fingerprint density at radius 3 is 2.94 bits per heavy atom. The van der Waals surface area contributed by atoms with Gasteiger partial charge in [-0.05, 0) is 49.5 Å². The number of aromatic nitrogens is 2. The van der Waals surface area contributed by atoms with E-state index in [9.17, 15) is 0 Å². The van der Waals surface area contributed by atoms with Crippen LogP contribution in [-0.2, 0) is 0 Å². The lowest BCUT2D eigenvalue weighted by Gasteiger charge is -2.22. The van der Waals surface area contributed by atoms with Gasteiger partial charge in [-0.1, -0.05) is 0 Å². The van der Waals surface area contributed by atoms with E-state index in [2.05, 4.69) is 21.4 Å². The molecular formula is C13H15N3.